The van der Waals surface area contributed by atoms with E-state index in [0.717, 1.165) is 19.3 Å². The number of rotatable bonds is 3. The molecule has 2 rings (SSSR count). The van der Waals surface area contributed by atoms with Crippen LogP contribution in [0.5, 0.6) is 11.5 Å². The molecule has 94 valence electrons. The maximum absolute atomic E-state index is 13.7. The molecule has 0 saturated heterocycles. The summed E-state index contributed by atoms with van der Waals surface area (Å²) in [5.74, 6) is -0.826. The fraction of sp³-hybridized carbons (Fsp3) is 0.500. The second kappa shape index (κ2) is 4.46. The van der Waals surface area contributed by atoms with E-state index < -0.39 is 5.82 Å². The summed E-state index contributed by atoms with van der Waals surface area (Å²) in [6.45, 7) is 0.446. The Morgan fingerprint density at radius 3 is 2.65 bits per heavy atom. The molecular weight excluding hydrogens is 289 g/mol. The summed E-state index contributed by atoms with van der Waals surface area (Å²) in [7, 11) is 1.34. The van der Waals surface area contributed by atoms with Crippen LogP contribution in [0.15, 0.2) is 10.5 Å². The largest absolute Gasteiger partial charge is 0.504 e. The van der Waals surface area contributed by atoms with Crippen LogP contribution in [-0.4, -0.2) is 18.8 Å². The molecule has 3 nitrogen and oxygen atoms in total. The number of aromatic hydroxyl groups is 1. The van der Waals surface area contributed by atoms with Crippen LogP contribution in [0.2, 0.25) is 0 Å². The van der Waals surface area contributed by atoms with Gasteiger partial charge in [-0.15, -0.1) is 0 Å². The number of ether oxygens (including phenoxy) is 1. The van der Waals surface area contributed by atoms with Gasteiger partial charge in [-0.1, -0.05) is 6.42 Å². The lowest BCUT2D eigenvalue weighted by Gasteiger charge is -2.42. The first kappa shape index (κ1) is 12.6. The SMILES string of the molecule is COc1c(O)c(C2(CN)CCC2)cc(Br)c1F. The number of nitrogens with two attached hydrogens (primary N) is 1. The highest BCUT2D eigenvalue weighted by Crippen LogP contribution is 2.50. The van der Waals surface area contributed by atoms with E-state index in [4.69, 9.17) is 10.5 Å². The van der Waals surface area contributed by atoms with Crippen LogP contribution in [0.4, 0.5) is 4.39 Å². The maximum atomic E-state index is 13.7. The van der Waals surface area contributed by atoms with E-state index in [9.17, 15) is 9.50 Å². The predicted octanol–water partition coefficient (Wildman–Crippen LogP) is 2.68. The molecule has 1 fully saturated rings. The van der Waals surface area contributed by atoms with E-state index in [2.05, 4.69) is 15.9 Å². The normalized spacial score (nSPS) is 17.6. The molecule has 0 unspecified atom stereocenters. The van der Waals surface area contributed by atoms with Gasteiger partial charge in [0.1, 0.15) is 0 Å². The first-order chi connectivity index (χ1) is 8.05. The van der Waals surface area contributed by atoms with Gasteiger partial charge < -0.3 is 15.6 Å². The molecule has 1 aliphatic rings. The summed E-state index contributed by atoms with van der Waals surface area (Å²) in [6.07, 6.45) is 2.91. The van der Waals surface area contributed by atoms with Crippen molar-refractivity contribution >= 4 is 15.9 Å². The number of halogens is 2. The number of phenolic OH excluding ortho intramolecular Hbond substituents is 1. The van der Waals surface area contributed by atoms with Crippen LogP contribution in [0.3, 0.4) is 0 Å². The van der Waals surface area contributed by atoms with Crippen LogP contribution in [0, 0.1) is 5.82 Å². The molecule has 0 aromatic heterocycles. The Labute approximate surface area is 108 Å². The van der Waals surface area contributed by atoms with E-state index in [0.29, 0.717) is 16.6 Å². The number of hydrogen-bond donors (Lipinski definition) is 2. The summed E-state index contributed by atoms with van der Waals surface area (Å²) in [5, 5.41) is 10.1. The van der Waals surface area contributed by atoms with Crippen molar-refractivity contribution in [2.24, 2.45) is 5.73 Å². The lowest BCUT2D eigenvalue weighted by Crippen LogP contribution is -2.41. The Kier molecular flexibility index (Phi) is 3.32. The molecule has 0 atom stereocenters. The zero-order valence-corrected chi connectivity index (χ0v) is 11.2. The van der Waals surface area contributed by atoms with Gasteiger partial charge >= 0.3 is 0 Å². The standard InChI is InChI=1S/C12H15BrFNO2/c1-17-11-9(14)8(13)5-7(10(11)16)12(6-15)3-2-4-12/h5,16H,2-4,6,15H2,1H3. The molecule has 1 aliphatic carbocycles. The first-order valence-electron chi connectivity index (χ1n) is 5.51. The smallest absolute Gasteiger partial charge is 0.198 e. The number of phenols is 1. The van der Waals surface area contributed by atoms with Crippen LogP contribution in [0.25, 0.3) is 0 Å². The number of hydrogen-bond acceptors (Lipinski definition) is 3. The first-order valence-corrected chi connectivity index (χ1v) is 6.30. The van der Waals surface area contributed by atoms with Crippen molar-refractivity contribution in [1.29, 1.82) is 0 Å². The van der Waals surface area contributed by atoms with Crippen molar-refractivity contribution in [2.75, 3.05) is 13.7 Å². The quantitative estimate of drug-likeness (QED) is 0.902. The third-order valence-electron chi connectivity index (χ3n) is 3.63. The zero-order valence-electron chi connectivity index (χ0n) is 9.59. The van der Waals surface area contributed by atoms with E-state index in [1.165, 1.54) is 7.11 Å². The third kappa shape index (κ3) is 1.81. The minimum atomic E-state index is -0.583. The highest BCUT2D eigenvalue weighted by molar-refractivity contribution is 9.10. The monoisotopic (exact) mass is 303 g/mol. The molecule has 17 heavy (non-hydrogen) atoms. The van der Waals surface area contributed by atoms with E-state index in [1.54, 1.807) is 6.07 Å². The lowest BCUT2D eigenvalue weighted by atomic mass is 9.64. The molecule has 1 aromatic rings. The summed E-state index contributed by atoms with van der Waals surface area (Å²) in [6, 6.07) is 1.61. The lowest BCUT2D eigenvalue weighted by molar-refractivity contribution is 0.240. The minimum Gasteiger partial charge on any atom is -0.504 e. The van der Waals surface area contributed by atoms with Gasteiger partial charge in [0.25, 0.3) is 0 Å². The highest BCUT2D eigenvalue weighted by atomic mass is 79.9. The van der Waals surface area contributed by atoms with Gasteiger partial charge in [0.2, 0.25) is 0 Å². The molecule has 0 amide bonds. The van der Waals surface area contributed by atoms with Crippen molar-refractivity contribution in [3.8, 4) is 11.5 Å². The summed E-state index contributed by atoms with van der Waals surface area (Å²) in [4.78, 5) is 0. The van der Waals surface area contributed by atoms with Crippen molar-refractivity contribution in [3.63, 3.8) is 0 Å². The summed E-state index contributed by atoms with van der Waals surface area (Å²) >= 11 is 3.14. The zero-order chi connectivity index (χ0) is 12.6. The van der Waals surface area contributed by atoms with Gasteiger partial charge in [0.05, 0.1) is 11.6 Å². The molecule has 0 heterocycles. The Bertz CT molecular complexity index is 441. The van der Waals surface area contributed by atoms with Crippen LogP contribution >= 0.6 is 15.9 Å². The maximum Gasteiger partial charge on any atom is 0.198 e. The Morgan fingerprint density at radius 2 is 2.24 bits per heavy atom. The van der Waals surface area contributed by atoms with E-state index >= 15 is 0 Å². The fourth-order valence-electron chi connectivity index (χ4n) is 2.37. The van der Waals surface area contributed by atoms with Crippen molar-refractivity contribution < 1.29 is 14.2 Å². The van der Waals surface area contributed by atoms with Crippen molar-refractivity contribution in [1.82, 2.24) is 0 Å². The van der Waals surface area contributed by atoms with Gasteiger partial charge in [-0.3, -0.25) is 0 Å². The van der Waals surface area contributed by atoms with Crippen LogP contribution in [0.1, 0.15) is 24.8 Å². The van der Waals surface area contributed by atoms with Gasteiger partial charge in [-0.2, -0.15) is 0 Å². The number of methoxy groups -OCH3 is 1. The molecule has 0 aliphatic heterocycles. The number of benzene rings is 1. The molecule has 1 aromatic carbocycles. The second-order valence-electron chi connectivity index (χ2n) is 4.44. The average Bonchev–Trinajstić information content (AvgIpc) is 2.25. The molecule has 3 N–H and O–H groups in total. The highest BCUT2D eigenvalue weighted by Gasteiger charge is 2.40. The third-order valence-corrected chi connectivity index (χ3v) is 4.20. The summed E-state index contributed by atoms with van der Waals surface area (Å²) < 4.78 is 18.9. The summed E-state index contributed by atoms with van der Waals surface area (Å²) in [5.41, 5.74) is 6.24. The van der Waals surface area contributed by atoms with Crippen molar-refractivity contribution in [2.45, 2.75) is 24.7 Å². The molecule has 0 spiro atoms. The Balaban J connectivity index is 2.58. The molecule has 5 heteroatoms. The Hall–Kier alpha value is -0.810. The van der Waals surface area contributed by atoms with E-state index in [-0.39, 0.29) is 16.9 Å². The molecule has 0 bridgehead atoms. The second-order valence-corrected chi connectivity index (χ2v) is 5.29. The van der Waals surface area contributed by atoms with Crippen LogP contribution < -0.4 is 10.5 Å². The average molecular weight is 304 g/mol. The van der Waals surface area contributed by atoms with E-state index in [1.807, 2.05) is 0 Å². The Morgan fingerprint density at radius 1 is 1.59 bits per heavy atom. The molecular formula is C12H15BrFNO2. The van der Waals surface area contributed by atoms with Gasteiger partial charge in [-0.25, -0.2) is 4.39 Å². The van der Waals surface area contributed by atoms with Gasteiger partial charge in [-0.05, 0) is 34.8 Å². The predicted molar refractivity (Wildman–Crippen MR) is 66.9 cm³/mol. The topological polar surface area (TPSA) is 55.5 Å². The van der Waals surface area contributed by atoms with Gasteiger partial charge in [0.15, 0.2) is 17.3 Å². The molecule has 0 radical (unpaired) electrons. The molecule has 1 saturated carbocycles. The van der Waals surface area contributed by atoms with Crippen LogP contribution in [-0.2, 0) is 5.41 Å². The minimum absolute atomic E-state index is 0.117. The van der Waals surface area contributed by atoms with Crippen molar-refractivity contribution in [3.05, 3.63) is 21.9 Å². The van der Waals surface area contributed by atoms with Gasteiger partial charge in [0, 0.05) is 17.5 Å². The fourth-order valence-corrected chi connectivity index (χ4v) is 2.78.